The van der Waals surface area contributed by atoms with Gasteiger partial charge in [-0.2, -0.15) is 0 Å². The van der Waals surface area contributed by atoms with Crippen LogP contribution >= 0.6 is 11.6 Å². The van der Waals surface area contributed by atoms with Crippen molar-refractivity contribution in [1.29, 1.82) is 0 Å². The first-order chi connectivity index (χ1) is 15.6. The third-order valence-corrected chi connectivity index (χ3v) is 7.22. The molecule has 0 unspecified atom stereocenters. The van der Waals surface area contributed by atoms with E-state index in [1.54, 1.807) is 0 Å². The number of nitrogens with zero attached hydrogens (tertiary/aromatic N) is 2. The summed E-state index contributed by atoms with van der Waals surface area (Å²) >= 11 is 5.66. The molecule has 0 bridgehead atoms. The minimum atomic E-state index is -3.61. The molecule has 1 saturated carbocycles. The average molecular weight is 498 g/mol. The Morgan fingerprint density at radius 1 is 1.18 bits per heavy atom. The van der Waals surface area contributed by atoms with Gasteiger partial charge in [0.1, 0.15) is 17.7 Å². The molecule has 2 fully saturated rings. The molecule has 1 aromatic heterocycles. The molecule has 2 aliphatic rings. The number of likely N-dealkylation sites (tertiary alicyclic amines) is 1. The lowest BCUT2D eigenvalue weighted by molar-refractivity contribution is -0.125. The Morgan fingerprint density at radius 2 is 1.91 bits per heavy atom. The van der Waals surface area contributed by atoms with E-state index < -0.39 is 45.4 Å². The number of hydrogen-bond donors (Lipinski definition) is 1. The summed E-state index contributed by atoms with van der Waals surface area (Å²) in [5.74, 6) is -2.48. The predicted octanol–water partition coefficient (Wildman–Crippen LogP) is 3.29. The van der Waals surface area contributed by atoms with Gasteiger partial charge in [-0.05, 0) is 55.9 Å². The number of rotatable bonds is 6. The minimum absolute atomic E-state index is 0.0237. The topological polar surface area (TPSA) is 96.4 Å². The molecule has 4 rings (SSSR count). The van der Waals surface area contributed by atoms with Crippen LogP contribution in [0, 0.1) is 17.6 Å². The number of benzene rings is 1. The quantitative estimate of drug-likeness (QED) is 0.618. The lowest BCUT2D eigenvalue weighted by Crippen LogP contribution is -2.47. The van der Waals surface area contributed by atoms with Crippen molar-refractivity contribution in [1.82, 2.24) is 15.2 Å². The summed E-state index contributed by atoms with van der Waals surface area (Å²) in [6.07, 6.45) is 4.71. The van der Waals surface area contributed by atoms with Crippen molar-refractivity contribution in [2.24, 2.45) is 5.92 Å². The summed E-state index contributed by atoms with van der Waals surface area (Å²) in [6.45, 7) is 0.311. The van der Waals surface area contributed by atoms with Crippen molar-refractivity contribution in [2.75, 3.05) is 12.8 Å². The van der Waals surface area contributed by atoms with Crippen LogP contribution in [0.2, 0.25) is 5.02 Å². The highest BCUT2D eigenvalue weighted by atomic mass is 35.5. The van der Waals surface area contributed by atoms with Crippen LogP contribution in [0.25, 0.3) is 0 Å². The van der Waals surface area contributed by atoms with Crippen molar-refractivity contribution in [3.05, 3.63) is 58.2 Å². The van der Waals surface area contributed by atoms with Crippen LogP contribution < -0.4 is 5.32 Å². The number of carbonyl (C=O) groups excluding carboxylic acids is 2. The monoisotopic (exact) mass is 497 g/mol. The summed E-state index contributed by atoms with van der Waals surface area (Å²) in [6, 6.07) is 2.92. The Kier molecular flexibility index (Phi) is 6.41. The van der Waals surface area contributed by atoms with Crippen LogP contribution in [0.15, 0.2) is 35.5 Å². The minimum Gasteiger partial charge on any atom is -0.347 e. The van der Waals surface area contributed by atoms with E-state index in [0.29, 0.717) is 19.4 Å². The Morgan fingerprint density at radius 3 is 2.58 bits per heavy atom. The van der Waals surface area contributed by atoms with Gasteiger partial charge in [0.25, 0.3) is 5.91 Å². The fraction of sp³-hybridized carbons (Fsp3) is 0.409. The zero-order valence-electron chi connectivity index (χ0n) is 17.7. The van der Waals surface area contributed by atoms with Crippen molar-refractivity contribution in [2.45, 2.75) is 42.8 Å². The average Bonchev–Trinajstić information content (AvgIpc) is 3.49. The van der Waals surface area contributed by atoms with E-state index in [0.717, 1.165) is 31.2 Å². The van der Waals surface area contributed by atoms with E-state index in [9.17, 15) is 26.8 Å². The Hall–Kier alpha value is -2.59. The summed E-state index contributed by atoms with van der Waals surface area (Å²) < 4.78 is 52.1. The highest BCUT2D eigenvalue weighted by molar-refractivity contribution is 7.90. The largest absolute Gasteiger partial charge is 0.347 e. The first kappa shape index (κ1) is 23.6. The number of halogens is 3. The normalized spacial score (nSPS) is 19.4. The number of nitrogens with one attached hydrogen (secondary N) is 1. The molecule has 0 radical (unpaired) electrons. The van der Waals surface area contributed by atoms with E-state index >= 15 is 0 Å². The Labute approximate surface area is 195 Å². The number of amides is 2. The van der Waals surface area contributed by atoms with E-state index in [-0.39, 0.29) is 27.1 Å². The van der Waals surface area contributed by atoms with E-state index in [1.165, 1.54) is 23.2 Å². The lowest BCUT2D eigenvalue weighted by Gasteiger charge is -2.27. The van der Waals surface area contributed by atoms with Gasteiger partial charge < -0.3 is 10.2 Å². The fourth-order valence-electron chi connectivity index (χ4n) is 4.10. The highest BCUT2D eigenvalue weighted by Gasteiger charge is 2.40. The highest BCUT2D eigenvalue weighted by Crippen LogP contribution is 2.42. The van der Waals surface area contributed by atoms with Crippen molar-refractivity contribution in [3.63, 3.8) is 0 Å². The van der Waals surface area contributed by atoms with Gasteiger partial charge in [-0.3, -0.25) is 9.59 Å². The van der Waals surface area contributed by atoms with Gasteiger partial charge >= 0.3 is 0 Å². The molecular formula is C22H22ClF2N3O4S. The maximum Gasteiger partial charge on any atom is 0.254 e. The smallest absolute Gasteiger partial charge is 0.254 e. The standard InChI is InChI=1S/C22H22ClF2N3O4S/c1-33(31,32)19-9-13(6-7-26-19)22(30)28-8-2-3-18(28)21(29)27-20(12-4-5-12)14-10-17(25)15(23)11-16(14)24/h6-7,9-12,18,20H,2-5,8H2,1H3,(H,27,29)/t18-,20-/m1/s1. The number of aromatic nitrogens is 1. The zero-order chi connectivity index (χ0) is 23.9. The van der Waals surface area contributed by atoms with E-state index in [2.05, 4.69) is 10.3 Å². The van der Waals surface area contributed by atoms with Crippen LogP contribution in [0.4, 0.5) is 8.78 Å². The number of pyridine rings is 1. The molecular weight excluding hydrogens is 476 g/mol. The number of sulfone groups is 1. The fourth-order valence-corrected chi connectivity index (χ4v) is 4.84. The molecule has 1 aliphatic carbocycles. The zero-order valence-corrected chi connectivity index (χ0v) is 19.3. The van der Waals surface area contributed by atoms with Gasteiger partial charge in [-0.25, -0.2) is 22.2 Å². The van der Waals surface area contributed by atoms with Gasteiger partial charge in [0.15, 0.2) is 14.9 Å². The van der Waals surface area contributed by atoms with Crippen molar-refractivity contribution in [3.8, 4) is 0 Å². The third kappa shape index (κ3) is 5.01. The van der Waals surface area contributed by atoms with E-state index in [1.807, 2.05) is 0 Å². The molecule has 7 nitrogen and oxygen atoms in total. The molecule has 1 N–H and O–H groups in total. The summed E-state index contributed by atoms with van der Waals surface area (Å²) in [5, 5.41) is 2.23. The van der Waals surface area contributed by atoms with Crippen molar-refractivity contribution < 1.29 is 26.8 Å². The van der Waals surface area contributed by atoms with E-state index in [4.69, 9.17) is 11.6 Å². The Bertz CT molecular complexity index is 1220. The second kappa shape index (κ2) is 8.98. The SMILES string of the molecule is CS(=O)(=O)c1cc(C(=O)N2CCC[C@@H]2C(=O)N[C@@H](c2cc(F)c(Cl)cc2F)C2CC2)ccn1. The molecule has 2 aromatic rings. The van der Waals surface area contributed by atoms with Crippen LogP contribution in [-0.4, -0.2) is 49.0 Å². The van der Waals surface area contributed by atoms with Gasteiger partial charge in [0.2, 0.25) is 5.91 Å². The van der Waals surface area contributed by atoms with Gasteiger partial charge in [-0.15, -0.1) is 0 Å². The van der Waals surface area contributed by atoms with Gasteiger partial charge in [-0.1, -0.05) is 11.6 Å². The van der Waals surface area contributed by atoms with Gasteiger partial charge in [0, 0.05) is 30.1 Å². The second-order valence-electron chi connectivity index (χ2n) is 8.42. The molecule has 2 amide bonds. The third-order valence-electron chi connectivity index (χ3n) is 5.94. The number of hydrogen-bond acceptors (Lipinski definition) is 5. The predicted molar refractivity (Wildman–Crippen MR) is 116 cm³/mol. The van der Waals surface area contributed by atoms with Crippen LogP contribution in [0.5, 0.6) is 0 Å². The molecule has 11 heteroatoms. The number of carbonyl (C=O) groups is 2. The molecule has 176 valence electrons. The Balaban J connectivity index is 1.55. The summed E-state index contributed by atoms with van der Waals surface area (Å²) in [5.41, 5.74) is 0.130. The molecule has 33 heavy (non-hydrogen) atoms. The van der Waals surface area contributed by atoms with Crippen molar-refractivity contribution >= 4 is 33.3 Å². The maximum atomic E-state index is 14.5. The molecule has 2 atom stereocenters. The summed E-state index contributed by atoms with van der Waals surface area (Å²) in [7, 11) is -3.61. The molecule has 1 aromatic carbocycles. The molecule has 2 heterocycles. The second-order valence-corrected chi connectivity index (χ2v) is 10.8. The molecule has 1 aliphatic heterocycles. The molecule has 1 saturated heterocycles. The van der Waals surface area contributed by atoms with Crippen LogP contribution in [0.1, 0.15) is 47.6 Å². The maximum absolute atomic E-state index is 14.5. The van der Waals surface area contributed by atoms with Gasteiger partial charge in [0.05, 0.1) is 11.1 Å². The summed E-state index contributed by atoms with van der Waals surface area (Å²) in [4.78, 5) is 31.4. The first-order valence-corrected chi connectivity index (χ1v) is 12.7. The van der Waals surface area contributed by atoms with Crippen LogP contribution in [-0.2, 0) is 14.6 Å². The molecule has 0 spiro atoms. The lowest BCUT2D eigenvalue weighted by atomic mass is 10.0. The van der Waals surface area contributed by atoms with Crippen LogP contribution in [0.3, 0.4) is 0 Å². The first-order valence-electron chi connectivity index (χ1n) is 10.5.